The third-order valence-electron chi connectivity index (χ3n) is 3.05. The minimum absolute atomic E-state index is 0.171. The van der Waals surface area contributed by atoms with E-state index in [-0.39, 0.29) is 12.1 Å². The number of hydrogen-bond donors (Lipinski definition) is 1. The Kier molecular flexibility index (Phi) is 4.65. The summed E-state index contributed by atoms with van der Waals surface area (Å²) < 4.78 is 5.28. The fourth-order valence-electron chi connectivity index (χ4n) is 2.28. The number of aryl methyl sites for hydroxylation is 1. The van der Waals surface area contributed by atoms with Crippen molar-refractivity contribution in [2.45, 2.75) is 52.3 Å². The smallest absolute Gasteiger partial charge is 0.407 e. The van der Waals surface area contributed by atoms with Crippen LogP contribution in [-0.2, 0) is 11.3 Å². The number of rotatable bonds is 3. The van der Waals surface area contributed by atoms with Crippen molar-refractivity contribution in [3.8, 4) is 0 Å². The van der Waals surface area contributed by atoms with E-state index >= 15 is 0 Å². The maximum absolute atomic E-state index is 11.7. The minimum atomic E-state index is -0.444. The highest BCUT2D eigenvalue weighted by Gasteiger charge is 2.26. The molecule has 1 aromatic rings. The minimum Gasteiger partial charge on any atom is -0.444 e. The SMILES string of the molecule is Cc1nc(CN2CC[C@H](NC(=O)OC(C)(C)C)C2)cs1. The Labute approximate surface area is 124 Å². The molecule has 0 radical (unpaired) electrons. The van der Waals surface area contributed by atoms with Gasteiger partial charge < -0.3 is 10.1 Å². The first-order valence-electron chi connectivity index (χ1n) is 6.95. The van der Waals surface area contributed by atoms with Crippen molar-refractivity contribution in [2.75, 3.05) is 13.1 Å². The molecule has 1 aliphatic rings. The van der Waals surface area contributed by atoms with E-state index in [1.54, 1.807) is 11.3 Å². The normalized spacial score (nSPS) is 20.1. The summed E-state index contributed by atoms with van der Waals surface area (Å²) in [7, 11) is 0. The maximum atomic E-state index is 11.7. The van der Waals surface area contributed by atoms with Crippen LogP contribution in [0.3, 0.4) is 0 Å². The summed E-state index contributed by atoms with van der Waals surface area (Å²) in [4.78, 5) is 18.5. The molecule has 1 fully saturated rings. The van der Waals surface area contributed by atoms with E-state index in [2.05, 4.69) is 20.6 Å². The van der Waals surface area contributed by atoms with Gasteiger partial charge in [0.15, 0.2) is 0 Å². The molecule has 1 atom stereocenters. The molecule has 2 rings (SSSR count). The van der Waals surface area contributed by atoms with E-state index in [0.717, 1.165) is 36.8 Å². The zero-order valence-corrected chi connectivity index (χ0v) is 13.4. The molecule has 1 aromatic heterocycles. The first-order chi connectivity index (χ1) is 9.32. The van der Waals surface area contributed by atoms with Gasteiger partial charge in [0.05, 0.1) is 10.7 Å². The Morgan fingerprint density at radius 1 is 1.60 bits per heavy atom. The molecule has 0 spiro atoms. The molecule has 1 N–H and O–H groups in total. The van der Waals surface area contributed by atoms with Gasteiger partial charge in [-0.1, -0.05) is 0 Å². The number of carbonyl (C=O) groups excluding carboxylic acids is 1. The zero-order valence-electron chi connectivity index (χ0n) is 12.6. The highest BCUT2D eigenvalue weighted by atomic mass is 32.1. The van der Waals surface area contributed by atoms with E-state index in [1.165, 1.54) is 0 Å². The third-order valence-corrected chi connectivity index (χ3v) is 3.87. The van der Waals surface area contributed by atoms with Crippen molar-refractivity contribution < 1.29 is 9.53 Å². The Morgan fingerprint density at radius 2 is 2.35 bits per heavy atom. The Morgan fingerprint density at radius 3 is 2.95 bits per heavy atom. The second kappa shape index (κ2) is 6.10. The molecule has 0 unspecified atom stereocenters. The lowest BCUT2D eigenvalue weighted by Crippen LogP contribution is -2.40. The molecule has 0 aromatic carbocycles. The Hall–Kier alpha value is -1.14. The fraction of sp³-hybridized carbons (Fsp3) is 0.714. The molecule has 112 valence electrons. The van der Waals surface area contributed by atoms with Gasteiger partial charge in [0, 0.05) is 31.1 Å². The molecule has 1 saturated heterocycles. The average Bonchev–Trinajstić information content (AvgIpc) is 2.86. The van der Waals surface area contributed by atoms with Crippen LogP contribution in [0, 0.1) is 6.92 Å². The lowest BCUT2D eigenvalue weighted by Gasteiger charge is -2.22. The summed E-state index contributed by atoms with van der Waals surface area (Å²) >= 11 is 1.68. The number of alkyl carbamates (subject to hydrolysis) is 1. The molecular formula is C14H23N3O2S. The van der Waals surface area contributed by atoms with Crippen LogP contribution in [0.4, 0.5) is 4.79 Å². The van der Waals surface area contributed by atoms with E-state index in [9.17, 15) is 4.79 Å². The van der Waals surface area contributed by atoms with Crippen LogP contribution >= 0.6 is 11.3 Å². The van der Waals surface area contributed by atoms with E-state index < -0.39 is 5.60 Å². The summed E-state index contributed by atoms with van der Waals surface area (Å²) in [5.74, 6) is 0. The molecular weight excluding hydrogens is 274 g/mol. The number of nitrogens with one attached hydrogen (secondary N) is 1. The van der Waals surface area contributed by atoms with Crippen LogP contribution in [-0.4, -0.2) is 40.7 Å². The molecule has 0 aliphatic carbocycles. The van der Waals surface area contributed by atoms with Crippen LogP contribution in [0.25, 0.3) is 0 Å². The molecule has 0 saturated carbocycles. The Bertz CT molecular complexity index is 467. The molecule has 1 amide bonds. The van der Waals surface area contributed by atoms with Crippen molar-refractivity contribution in [1.29, 1.82) is 0 Å². The summed E-state index contributed by atoms with van der Waals surface area (Å²) in [6.07, 6.45) is 0.636. The van der Waals surface area contributed by atoms with E-state index in [1.807, 2.05) is 27.7 Å². The van der Waals surface area contributed by atoms with Crippen molar-refractivity contribution >= 4 is 17.4 Å². The van der Waals surface area contributed by atoms with Gasteiger partial charge in [-0.3, -0.25) is 4.90 Å². The summed E-state index contributed by atoms with van der Waals surface area (Å²) in [5, 5.41) is 6.14. The van der Waals surface area contributed by atoms with Gasteiger partial charge in [-0.05, 0) is 34.1 Å². The summed E-state index contributed by atoms with van der Waals surface area (Å²) in [6, 6.07) is 0.171. The van der Waals surface area contributed by atoms with Gasteiger partial charge in [0.1, 0.15) is 5.60 Å². The monoisotopic (exact) mass is 297 g/mol. The predicted molar refractivity (Wildman–Crippen MR) is 79.9 cm³/mol. The second-order valence-electron chi connectivity index (χ2n) is 6.22. The van der Waals surface area contributed by atoms with Gasteiger partial charge in [0.2, 0.25) is 0 Å². The Balaban J connectivity index is 1.76. The molecule has 1 aliphatic heterocycles. The summed E-state index contributed by atoms with van der Waals surface area (Å²) in [6.45, 7) is 10.3. The van der Waals surface area contributed by atoms with Gasteiger partial charge in [0.25, 0.3) is 0 Å². The predicted octanol–water partition coefficient (Wildman–Crippen LogP) is 2.55. The van der Waals surface area contributed by atoms with Crippen molar-refractivity contribution in [3.05, 3.63) is 16.1 Å². The second-order valence-corrected chi connectivity index (χ2v) is 7.29. The van der Waals surface area contributed by atoms with Crippen molar-refractivity contribution in [2.24, 2.45) is 0 Å². The quantitative estimate of drug-likeness (QED) is 0.931. The number of amides is 1. The van der Waals surface area contributed by atoms with Crippen molar-refractivity contribution in [3.63, 3.8) is 0 Å². The van der Waals surface area contributed by atoms with Crippen LogP contribution in [0.15, 0.2) is 5.38 Å². The highest BCUT2D eigenvalue weighted by Crippen LogP contribution is 2.16. The van der Waals surface area contributed by atoms with Gasteiger partial charge in [-0.2, -0.15) is 0 Å². The van der Waals surface area contributed by atoms with Crippen LogP contribution in [0.5, 0.6) is 0 Å². The number of thiazole rings is 1. The largest absolute Gasteiger partial charge is 0.444 e. The number of likely N-dealkylation sites (tertiary alicyclic amines) is 1. The first kappa shape index (κ1) is 15.3. The van der Waals surface area contributed by atoms with Crippen LogP contribution < -0.4 is 5.32 Å². The molecule has 2 heterocycles. The van der Waals surface area contributed by atoms with Crippen LogP contribution in [0.2, 0.25) is 0 Å². The number of nitrogens with zero attached hydrogens (tertiary/aromatic N) is 2. The number of aromatic nitrogens is 1. The first-order valence-corrected chi connectivity index (χ1v) is 7.83. The molecule has 5 nitrogen and oxygen atoms in total. The highest BCUT2D eigenvalue weighted by molar-refractivity contribution is 7.09. The van der Waals surface area contributed by atoms with Crippen molar-refractivity contribution in [1.82, 2.24) is 15.2 Å². The average molecular weight is 297 g/mol. The standard InChI is InChI=1S/C14H23N3O2S/c1-10-15-12(9-20-10)8-17-6-5-11(7-17)16-13(18)19-14(2,3)4/h9,11H,5-8H2,1-4H3,(H,16,18)/t11-/m0/s1. The number of hydrogen-bond acceptors (Lipinski definition) is 5. The van der Waals surface area contributed by atoms with E-state index in [0.29, 0.717) is 0 Å². The lowest BCUT2D eigenvalue weighted by molar-refractivity contribution is 0.0506. The van der Waals surface area contributed by atoms with Gasteiger partial charge in [-0.15, -0.1) is 11.3 Å². The maximum Gasteiger partial charge on any atom is 0.407 e. The number of carbonyl (C=O) groups is 1. The lowest BCUT2D eigenvalue weighted by atomic mass is 10.2. The topological polar surface area (TPSA) is 54.5 Å². The van der Waals surface area contributed by atoms with Gasteiger partial charge in [-0.25, -0.2) is 9.78 Å². The van der Waals surface area contributed by atoms with E-state index in [4.69, 9.17) is 4.74 Å². The zero-order chi connectivity index (χ0) is 14.8. The molecule has 6 heteroatoms. The fourth-order valence-corrected chi connectivity index (χ4v) is 2.88. The van der Waals surface area contributed by atoms with Gasteiger partial charge >= 0.3 is 6.09 Å². The summed E-state index contributed by atoms with van der Waals surface area (Å²) in [5.41, 5.74) is 0.672. The number of ether oxygens (including phenoxy) is 1. The van der Waals surface area contributed by atoms with Crippen LogP contribution in [0.1, 0.15) is 37.9 Å². The molecule has 0 bridgehead atoms. The third kappa shape index (κ3) is 4.76. The molecule has 20 heavy (non-hydrogen) atoms.